The molecule has 0 fully saturated rings. The summed E-state index contributed by atoms with van der Waals surface area (Å²) in [6.45, 7) is 7.23. The van der Waals surface area contributed by atoms with Crippen molar-refractivity contribution in [3.05, 3.63) is 80.2 Å². The van der Waals surface area contributed by atoms with Gasteiger partial charge in [0.25, 0.3) is 0 Å². The molecule has 0 heterocycles. The number of ether oxygens (including phenoxy) is 2. The van der Waals surface area contributed by atoms with Gasteiger partial charge in [-0.15, -0.1) is 0 Å². The number of hydrogen-bond donors (Lipinski definition) is 2. The van der Waals surface area contributed by atoms with E-state index in [1.807, 2.05) is 57.2 Å². The van der Waals surface area contributed by atoms with Gasteiger partial charge in [-0.1, -0.05) is 49.2 Å². The zero-order valence-corrected chi connectivity index (χ0v) is 23.1. The molecule has 5 nitrogen and oxygen atoms in total. The molecule has 0 atom stereocenters. The summed E-state index contributed by atoms with van der Waals surface area (Å²) in [6.07, 6.45) is 0.489. The first-order valence-corrected chi connectivity index (χ1v) is 13.0. The predicted molar refractivity (Wildman–Crippen MR) is 148 cm³/mol. The summed E-state index contributed by atoms with van der Waals surface area (Å²) in [5.41, 5.74) is 3.38. The van der Waals surface area contributed by atoms with Crippen LogP contribution >= 0.6 is 39.1 Å². The standard InChI is InChI=1S/C27H29BrCl2N2O3/c1-4-34-25-13-18(12-22(28)27(25)35-16-21-23(29)9-6-10-24(21)30)15-31-19-7-5-8-20(14-19)32-26(33)11-17(2)3/h5-10,12-14,17,31H,4,11,15-16H2,1-3H3,(H,32,33). The number of hydrogen-bond acceptors (Lipinski definition) is 4. The van der Waals surface area contributed by atoms with Crippen LogP contribution < -0.4 is 20.1 Å². The zero-order chi connectivity index (χ0) is 25.4. The lowest BCUT2D eigenvalue weighted by atomic mass is 10.1. The minimum atomic E-state index is 0.0103. The van der Waals surface area contributed by atoms with E-state index >= 15 is 0 Å². The molecular formula is C27H29BrCl2N2O3. The van der Waals surface area contributed by atoms with Gasteiger partial charge in [0.2, 0.25) is 5.91 Å². The number of carbonyl (C=O) groups excluding carboxylic acids is 1. The number of benzene rings is 3. The molecule has 8 heteroatoms. The van der Waals surface area contributed by atoms with Gasteiger partial charge in [-0.3, -0.25) is 4.79 Å². The van der Waals surface area contributed by atoms with Crippen molar-refractivity contribution in [2.75, 3.05) is 17.2 Å². The molecule has 0 aliphatic carbocycles. The highest BCUT2D eigenvalue weighted by molar-refractivity contribution is 9.10. The molecule has 186 valence electrons. The second-order valence-corrected chi connectivity index (χ2v) is 10.1. The maximum absolute atomic E-state index is 12.1. The van der Waals surface area contributed by atoms with E-state index in [1.165, 1.54) is 0 Å². The average molecular weight is 580 g/mol. The van der Waals surface area contributed by atoms with Gasteiger partial charge in [-0.25, -0.2) is 0 Å². The lowest BCUT2D eigenvalue weighted by molar-refractivity contribution is -0.116. The number of nitrogens with one attached hydrogen (secondary N) is 2. The molecule has 2 N–H and O–H groups in total. The minimum Gasteiger partial charge on any atom is -0.490 e. The van der Waals surface area contributed by atoms with Crippen molar-refractivity contribution >= 4 is 56.4 Å². The maximum Gasteiger partial charge on any atom is 0.224 e. The molecule has 3 aromatic rings. The van der Waals surface area contributed by atoms with Crippen molar-refractivity contribution in [3.8, 4) is 11.5 Å². The van der Waals surface area contributed by atoms with Gasteiger partial charge in [0.15, 0.2) is 11.5 Å². The summed E-state index contributed by atoms with van der Waals surface area (Å²) in [5, 5.41) is 7.45. The highest BCUT2D eigenvalue weighted by atomic mass is 79.9. The van der Waals surface area contributed by atoms with Crippen molar-refractivity contribution in [1.82, 2.24) is 0 Å². The van der Waals surface area contributed by atoms with E-state index in [-0.39, 0.29) is 12.5 Å². The number of carbonyl (C=O) groups is 1. The average Bonchev–Trinajstić information content (AvgIpc) is 2.78. The van der Waals surface area contributed by atoms with Crippen molar-refractivity contribution in [2.45, 2.75) is 40.3 Å². The normalized spacial score (nSPS) is 10.8. The van der Waals surface area contributed by atoms with Crippen molar-refractivity contribution < 1.29 is 14.3 Å². The summed E-state index contributed by atoms with van der Waals surface area (Å²) in [6, 6.07) is 17.0. The Hall–Kier alpha value is -2.41. The molecule has 0 aliphatic heterocycles. The first kappa shape index (κ1) is 27.2. The summed E-state index contributed by atoms with van der Waals surface area (Å²) < 4.78 is 12.7. The van der Waals surface area contributed by atoms with Gasteiger partial charge in [0.1, 0.15) is 6.61 Å². The smallest absolute Gasteiger partial charge is 0.224 e. The van der Waals surface area contributed by atoms with E-state index in [0.717, 1.165) is 27.0 Å². The molecule has 0 aliphatic rings. The Morgan fingerprint density at radius 2 is 1.69 bits per heavy atom. The molecule has 0 unspecified atom stereocenters. The summed E-state index contributed by atoms with van der Waals surface area (Å²) in [7, 11) is 0. The Morgan fingerprint density at radius 1 is 1.00 bits per heavy atom. The molecule has 0 radical (unpaired) electrons. The Balaban J connectivity index is 1.71. The van der Waals surface area contributed by atoms with E-state index in [2.05, 4.69) is 26.6 Å². The highest BCUT2D eigenvalue weighted by Crippen LogP contribution is 2.38. The lowest BCUT2D eigenvalue weighted by Crippen LogP contribution is -2.13. The van der Waals surface area contributed by atoms with Crippen LogP contribution in [0.2, 0.25) is 10.0 Å². The van der Waals surface area contributed by atoms with Crippen LogP contribution in [0.5, 0.6) is 11.5 Å². The van der Waals surface area contributed by atoms with Crippen LogP contribution in [-0.4, -0.2) is 12.5 Å². The quantitative estimate of drug-likeness (QED) is 0.240. The molecule has 0 spiro atoms. The van der Waals surface area contributed by atoms with Crippen LogP contribution in [0.15, 0.2) is 59.1 Å². The van der Waals surface area contributed by atoms with Crippen LogP contribution in [0, 0.1) is 5.92 Å². The summed E-state index contributed by atoms with van der Waals surface area (Å²) in [5.74, 6) is 1.53. The number of rotatable bonds is 11. The van der Waals surface area contributed by atoms with Gasteiger partial charge >= 0.3 is 0 Å². The van der Waals surface area contributed by atoms with Crippen molar-refractivity contribution in [2.24, 2.45) is 5.92 Å². The zero-order valence-electron chi connectivity index (χ0n) is 20.0. The van der Waals surface area contributed by atoms with Crippen LogP contribution in [0.4, 0.5) is 11.4 Å². The molecular weight excluding hydrogens is 551 g/mol. The van der Waals surface area contributed by atoms with E-state index in [0.29, 0.717) is 47.0 Å². The third kappa shape index (κ3) is 8.06. The van der Waals surface area contributed by atoms with Crippen LogP contribution in [0.1, 0.15) is 38.3 Å². The monoisotopic (exact) mass is 578 g/mol. The largest absolute Gasteiger partial charge is 0.490 e. The maximum atomic E-state index is 12.1. The van der Waals surface area contributed by atoms with Gasteiger partial charge in [0, 0.05) is 39.9 Å². The van der Waals surface area contributed by atoms with Gasteiger partial charge in [0.05, 0.1) is 11.1 Å². The Bertz CT molecular complexity index is 1150. The molecule has 0 saturated heterocycles. The fraction of sp³-hybridized carbons (Fsp3) is 0.296. The first-order chi connectivity index (χ1) is 16.8. The highest BCUT2D eigenvalue weighted by Gasteiger charge is 2.15. The molecule has 0 bridgehead atoms. The predicted octanol–water partition coefficient (Wildman–Crippen LogP) is 8.33. The lowest BCUT2D eigenvalue weighted by Gasteiger charge is -2.17. The molecule has 3 aromatic carbocycles. The van der Waals surface area contributed by atoms with Crippen molar-refractivity contribution in [1.29, 1.82) is 0 Å². The third-order valence-corrected chi connectivity index (χ3v) is 6.33. The molecule has 0 saturated carbocycles. The SMILES string of the molecule is CCOc1cc(CNc2cccc(NC(=O)CC(C)C)c2)cc(Br)c1OCc1c(Cl)cccc1Cl. The van der Waals surface area contributed by atoms with Gasteiger partial charge < -0.3 is 20.1 Å². The second-order valence-electron chi connectivity index (χ2n) is 8.41. The topological polar surface area (TPSA) is 59.6 Å². The Kier molecular flexibility index (Phi) is 10.1. The van der Waals surface area contributed by atoms with E-state index in [4.69, 9.17) is 32.7 Å². The number of amides is 1. The van der Waals surface area contributed by atoms with Crippen LogP contribution in [0.3, 0.4) is 0 Å². The number of halogens is 3. The molecule has 3 rings (SSSR count). The number of anilines is 2. The molecule has 1 amide bonds. The van der Waals surface area contributed by atoms with Gasteiger partial charge in [-0.05, 0) is 76.8 Å². The first-order valence-electron chi connectivity index (χ1n) is 11.4. The molecule has 0 aromatic heterocycles. The summed E-state index contributed by atoms with van der Waals surface area (Å²) >= 11 is 16.2. The fourth-order valence-corrected chi connectivity index (χ4v) is 4.55. The van der Waals surface area contributed by atoms with Crippen LogP contribution in [-0.2, 0) is 17.9 Å². The minimum absolute atomic E-state index is 0.0103. The van der Waals surface area contributed by atoms with E-state index in [9.17, 15) is 4.79 Å². The Morgan fingerprint density at radius 3 is 2.37 bits per heavy atom. The fourth-order valence-electron chi connectivity index (χ4n) is 3.43. The van der Waals surface area contributed by atoms with Crippen LogP contribution in [0.25, 0.3) is 0 Å². The summed E-state index contributed by atoms with van der Waals surface area (Å²) in [4.78, 5) is 12.1. The Labute approximate surface area is 225 Å². The third-order valence-electron chi connectivity index (χ3n) is 5.03. The second kappa shape index (κ2) is 13.1. The van der Waals surface area contributed by atoms with E-state index < -0.39 is 0 Å². The van der Waals surface area contributed by atoms with Crippen molar-refractivity contribution in [3.63, 3.8) is 0 Å². The molecule has 35 heavy (non-hydrogen) atoms. The van der Waals surface area contributed by atoms with E-state index in [1.54, 1.807) is 18.2 Å². The van der Waals surface area contributed by atoms with Gasteiger partial charge in [-0.2, -0.15) is 0 Å².